The molecular weight excluding hydrogens is 767 g/mol. The summed E-state index contributed by atoms with van der Waals surface area (Å²) in [5.41, 5.74) is 6.70. The molecule has 1 aliphatic rings. The summed E-state index contributed by atoms with van der Waals surface area (Å²) in [6.07, 6.45) is 9.07. The lowest BCUT2D eigenvalue weighted by Crippen LogP contribution is -2.57. The van der Waals surface area contributed by atoms with Crippen LogP contribution in [-0.4, -0.2) is 110 Å². The number of rotatable bonds is 21. The van der Waals surface area contributed by atoms with Crippen molar-refractivity contribution in [3.63, 3.8) is 0 Å². The van der Waals surface area contributed by atoms with E-state index in [1.807, 2.05) is 0 Å². The lowest BCUT2D eigenvalue weighted by molar-refractivity contribution is -0.141. The molecule has 322 valence electrons. The molecule has 2 aromatic carbocycles. The third-order valence-corrected chi connectivity index (χ3v) is 11.7. The van der Waals surface area contributed by atoms with Crippen LogP contribution in [0.15, 0.2) is 36.4 Å². The first-order valence-corrected chi connectivity index (χ1v) is 21.9. The monoisotopic (exact) mass is 829 g/mol. The van der Waals surface area contributed by atoms with Gasteiger partial charge in [0.05, 0.1) is 11.8 Å². The van der Waals surface area contributed by atoms with Gasteiger partial charge in [0.25, 0.3) is 0 Å². The number of nitrogens with two attached hydrogens (primary N) is 1. The highest BCUT2D eigenvalue weighted by atomic mass is 32.2. The number of hydrogen-bond acceptors (Lipinski definition) is 11. The number of sulfonamides is 1. The van der Waals surface area contributed by atoms with Gasteiger partial charge in [-0.15, -0.1) is 0 Å². The van der Waals surface area contributed by atoms with E-state index in [1.165, 1.54) is 90.3 Å². The molecule has 0 spiro atoms. The van der Waals surface area contributed by atoms with E-state index in [-0.39, 0.29) is 65.7 Å². The molecule has 0 saturated carbocycles. The van der Waals surface area contributed by atoms with Crippen LogP contribution in [0.25, 0.3) is 11.1 Å². The van der Waals surface area contributed by atoms with Crippen LogP contribution in [0.1, 0.15) is 103 Å². The summed E-state index contributed by atoms with van der Waals surface area (Å²) < 4.78 is 28.9. The Labute approximate surface area is 342 Å². The predicted molar refractivity (Wildman–Crippen MR) is 222 cm³/mol. The number of Topliss-reactive ketones (excluding diaryl/α,β-unsaturated/α-hetero) is 1. The first-order chi connectivity index (χ1) is 27.5. The second-order valence-corrected chi connectivity index (χ2v) is 17.0. The molecule has 4 bridgehead atoms. The van der Waals surface area contributed by atoms with Gasteiger partial charge in [-0.1, -0.05) is 64.0 Å². The number of nitrogens with one attached hydrogen (secondary N) is 5. The highest BCUT2D eigenvalue weighted by Gasteiger charge is 2.36. The maximum absolute atomic E-state index is 14.2. The van der Waals surface area contributed by atoms with Crippen molar-refractivity contribution in [1.29, 1.82) is 0 Å². The van der Waals surface area contributed by atoms with E-state index < -0.39 is 63.9 Å². The Bertz CT molecular complexity index is 1840. The molecule has 2 aromatic rings. The van der Waals surface area contributed by atoms with Gasteiger partial charge in [-0.25, -0.2) is 13.1 Å². The number of unbranched alkanes of at least 4 members (excludes halogenated alkanes) is 7. The first-order valence-electron chi connectivity index (χ1n) is 20.2. The first kappa shape index (κ1) is 47.8. The Morgan fingerprint density at radius 1 is 0.914 bits per heavy atom. The van der Waals surface area contributed by atoms with E-state index in [2.05, 4.69) is 32.9 Å². The number of benzene rings is 2. The maximum atomic E-state index is 14.2. The van der Waals surface area contributed by atoms with Crippen LogP contribution in [-0.2, 0) is 40.4 Å². The molecule has 0 radical (unpaired) electrons. The van der Waals surface area contributed by atoms with E-state index >= 15 is 0 Å². The van der Waals surface area contributed by atoms with Crippen LogP contribution in [0, 0.1) is 0 Å². The summed E-state index contributed by atoms with van der Waals surface area (Å²) >= 11 is 0. The average Bonchev–Trinajstić information content (AvgIpc) is 3.17. The number of ketones is 1. The standard InChI is InChI=1S/C41H63N7O9S/c1-6-7-8-9-10-11-12-13-20-43-21-22-58(56,57)47-33(18-19-42)41(55)48(5)37-30-15-17-36(51)32(25-30)31-23-29(14-16-35(31)50)24-34(39(53)44-26(2)28(4)49)46-38(52)27(3)45-40(37)54/h14-17,23,25-27,33-34,37,43,47,50-51H,6-13,18-22,24,42H2,1-5H3,(H,44,53)(H,45,54)(H,46,52)/t26-,27-,33-,34-,37-/m0/s1. The zero-order valence-corrected chi connectivity index (χ0v) is 35.3. The fourth-order valence-corrected chi connectivity index (χ4v) is 7.88. The van der Waals surface area contributed by atoms with Crippen molar-refractivity contribution in [2.75, 3.05) is 32.4 Å². The highest BCUT2D eigenvalue weighted by molar-refractivity contribution is 7.89. The van der Waals surface area contributed by atoms with Gasteiger partial charge in [0.2, 0.25) is 33.7 Å². The average molecular weight is 830 g/mol. The number of nitrogens with zero attached hydrogens (tertiary/aromatic N) is 1. The van der Waals surface area contributed by atoms with E-state index in [0.29, 0.717) is 12.1 Å². The van der Waals surface area contributed by atoms with Crippen LogP contribution < -0.4 is 31.7 Å². The number of carbonyl (C=O) groups excluding carboxylic acids is 5. The normalized spacial score (nSPS) is 18.3. The Kier molecular flexibility index (Phi) is 19.1. The number of aromatic hydroxyl groups is 2. The number of carbonyl (C=O) groups is 5. The summed E-state index contributed by atoms with van der Waals surface area (Å²) in [5, 5.41) is 32.9. The molecule has 0 fully saturated rings. The molecule has 0 aliphatic carbocycles. The summed E-state index contributed by atoms with van der Waals surface area (Å²) in [7, 11) is -2.68. The number of likely N-dealkylation sites (N-methyl/N-ethyl adjacent to an activating group) is 1. The second-order valence-electron chi connectivity index (χ2n) is 15.1. The number of phenolic OH excluding ortho intramolecular Hbond substituents is 2. The van der Waals surface area contributed by atoms with Crippen LogP contribution in [0.5, 0.6) is 11.5 Å². The fraction of sp³-hybridized carbons (Fsp3) is 0.585. The topological polar surface area (TPSA) is 249 Å². The van der Waals surface area contributed by atoms with E-state index in [0.717, 1.165) is 24.2 Å². The maximum Gasteiger partial charge on any atom is 0.248 e. The molecule has 16 nitrogen and oxygen atoms in total. The summed E-state index contributed by atoms with van der Waals surface area (Å²) in [5.74, 6) is -4.16. The minimum Gasteiger partial charge on any atom is -0.507 e. The molecule has 17 heteroatoms. The van der Waals surface area contributed by atoms with E-state index in [9.17, 15) is 42.6 Å². The Hall–Kier alpha value is -4.58. The SMILES string of the molecule is CCCCCCCCCCNCCS(=O)(=O)N[C@@H](CCN)C(=O)N(C)[C@@H]1C(=O)N[C@@H](C)C(=O)N[C@H](C(=O)N[C@@H](C)C(C)=O)Cc2ccc(O)c(c2)-c2cc1ccc2O. The van der Waals surface area contributed by atoms with Gasteiger partial charge in [0.1, 0.15) is 35.7 Å². The Morgan fingerprint density at radius 3 is 2.17 bits per heavy atom. The zero-order valence-electron chi connectivity index (χ0n) is 34.4. The van der Waals surface area contributed by atoms with E-state index in [4.69, 9.17) is 5.73 Å². The minimum atomic E-state index is -3.99. The smallest absolute Gasteiger partial charge is 0.248 e. The molecule has 1 heterocycles. The molecule has 0 unspecified atom stereocenters. The molecule has 0 saturated heterocycles. The zero-order chi connectivity index (χ0) is 43.0. The van der Waals surface area contributed by atoms with Crippen molar-refractivity contribution in [3.8, 4) is 22.6 Å². The number of phenols is 2. The Morgan fingerprint density at radius 2 is 1.53 bits per heavy atom. The van der Waals surface area contributed by atoms with Crippen LogP contribution in [0.2, 0.25) is 0 Å². The van der Waals surface area contributed by atoms with E-state index in [1.54, 1.807) is 6.07 Å². The van der Waals surface area contributed by atoms with Gasteiger partial charge in [-0.3, -0.25) is 24.0 Å². The van der Waals surface area contributed by atoms with Crippen molar-refractivity contribution in [2.24, 2.45) is 5.73 Å². The summed E-state index contributed by atoms with van der Waals surface area (Å²) in [6.45, 7) is 7.15. The van der Waals surface area contributed by atoms with Gasteiger partial charge >= 0.3 is 0 Å². The molecule has 1 aliphatic heterocycles. The second kappa shape index (κ2) is 23.1. The lowest BCUT2D eigenvalue weighted by Gasteiger charge is -2.32. The van der Waals surface area contributed by atoms with Gasteiger partial charge in [-0.2, -0.15) is 0 Å². The number of fused-ring (bicyclic) bond motifs is 5. The molecule has 9 N–H and O–H groups in total. The largest absolute Gasteiger partial charge is 0.507 e. The molecule has 0 aromatic heterocycles. The lowest BCUT2D eigenvalue weighted by atomic mass is 9.93. The molecular formula is C41H63N7O9S. The van der Waals surface area contributed by atoms with Crippen molar-refractivity contribution in [3.05, 3.63) is 47.5 Å². The van der Waals surface area contributed by atoms with Crippen LogP contribution in [0.4, 0.5) is 0 Å². The minimum absolute atomic E-state index is 0.0591. The van der Waals surface area contributed by atoms with Crippen molar-refractivity contribution >= 4 is 39.4 Å². The summed E-state index contributed by atoms with van der Waals surface area (Å²) in [6, 6.07) is 2.37. The number of hydrogen-bond donors (Lipinski definition) is 8. The predicted octanol–water partition coefficient (Wildman–Crippen LogP) is 2.27. The van der Waals surface area contributed by atoms with Crippen molar-refractivity contribution in [2.45, 2.75) is 122 Å². The summed E-state index contributed by atoms with van der Waals surface area (Å²) in [4.78, 5) is 68.2. The van der Waals surface area contributed by atoms with Gasteiger partial charge in [0, 0.05) is 31.1 Å². The highest BCUT2D eigenvalue weighted by Crippen LogP contribution is 2.38. The molecule has 5 atom stereocenters. The third-order valence-electron chi connectivity index (χ3n) is 10.3. The molecule has 58 heavy (non-hydrogen) atoms. The molecule has 4 amide bonds. The number of amides is 4. The van der Waals surface area contributed by atoms with Crippen molar-refractivity contribution < 1.29 is 42.6 Å². The van der Waals surface area contributed by atoms with Gasteiger partial charge in [0.15, 0.2) is 5.78 Å². The van der Waals surface area contributed by atoms with Gasteiger partial charge < -0.3 is 42.1 Å². The van der Waals surface area contributed by atoms with Crippen molar-refractivity contribution in [1.82, 2.24) is 30.9 Å². The fourth-order valence-electron chi connectivity index (χ4n) is 6.70. The third kappa shape index (κ3) is 14.4. The Balaban J connectivity index is 1.88. The van der Waals surface area contributed by atoms with Crippen LogP contribution >= 0.6 is 0 Å². The van der Waals surface area contributed by atoms with Crippen LogP contribution in [0.3, 0.4) is 0 Å². The van der Waals surface area contributed by atoms with Gasteiger partial charge in [-0.05, 0) is 82.1 Å². The quantitative estimate of drug-likeness (QED) is 0.0848. The molecule has 3 rings (SSSR count).